The number of aromatic nitrogens is 1. The lowest BCUT2D eigenvalue weighted by atomic mass is 9.93. The van der Waals surface area contributed by atoms with E-state index in [1.165, 1.54) is 24.5 Å². The molecule has 0 spiro atoms. The van der Waals surface area contributed by atoms with Crippen molar-refractivity contribution in [1.29, 1.82) is 0 Å². The predicted octanol–water partition coefficient (Wildman–Crippen LogP) is 6.42. The number of carbonyl (C=O) groups is 1. The van der Waals surface area contributed by atoms with Crippen molar-refractivity contribution in [2.75, 3.05) is 13.7 Å². The molecule has 1 atom stereocenters. The van der Waals surface area contributed by atoms with E-state index in [1.54, 1.807) is 47.9 Å². The van der Waals surface area contributed by atoms with Crippen LogP contribution in [0.2, 0.25) is 0 Å². The van der Waals surface area contributed by atoms with E-state index in [0.717, 1.165) is 11.1 Å². The number of hydrogen-bond acceptors (Lipinski definition) is 7. The molecule has 0 saturated heterocycles. The third-order valence-corrected chi connectivity index (χ3v) is 8.94. The molecule has 0 bridgehead atoms. The molecule has 0 fully saturated rings. The van der Waals surface area contributed by atoms with Crippen LogP contribution in [0.5, 0.6) is 11.5 Å². The molecule has 0 radical (unpaired) electrons. The Kier molecular flexibility index (Phi) is 9.28. The lowest BCUT2D eigenvalue weighted by Gasteiger charge is -2.25. The largest absolute Gasteiger partial charge is 0.493 e. The van der Waals surface area contributed by atoms with Crippen molar-refractivity contribution in [2.24, 2.45) is 4.99 Å². The Morgan fingerprint density at radius 1 is 1.02 bits per heavy atom. The number of hydrogen-bond donors (Lipinski definition) is 0. The molecule has 6 rings (SSSR count). The van der Waals surface area contributed by atoms with E-state index >= 15 is 0 Å². The van der Waals surface area contributed by atoms with Crippen molar-refractivity contribution < 1.29 is 23.4 Å². The summed E-state index contributed by atoms with van der Waals surface area (Å²) < 4.78 is 33.8. The molecule has 0 amide bonds. The molecule has 2 heterocycles. The molecule has 1 aromatic heterocycles. The number of methoxy groups -OCH3 is 1. The van der Waals surface area contributed by atoms with Gasteiger partial charge >= 0.3 is 5.97 Å². The van der Waals surface area contributed by atoms with Crippen molar-refractivity contribution >= 4 is 45.0 Å². The van der Waals surface area contributed by atoms with E-state index in [0.29, 0.717) is 47.7 Å². The smallest absolute Gasteiger partial charge is 0.338 e. The van der Waals surface area contributed by atoms with E-state index in [9.17, 15) is 14.0 Å². The third kappa shape index (κ3) is 6.18. The number of esters is 1. The van der Waals surface area contributed by atoms with Crippen molar-refractivity contribution in [3.63, 3.8) is 0 Å². The van der Waals surface area contributed by atoms with Gasteiger partial charge in [-0.05, 0) is 58.3 Å². The fraction of sp³-hybridized carbons (Fsp3) is 0.139. The summed E-state index contributed by atoms with van der Waals surface area (Å²) in [7, 11) is 1.51. The van der Waals surface area contributed by atoms with Crippen molar-refractivity contribution in [1.82, 2.24) is 4.57 Å². The Hall–Kier alpha value is -4.80. The summed E-state index contributed by atoms with van der Waals surface area (Å²) in [5.74, 6) is -0.0873. The number of rotatable bonds is 9. The fourth-order valence-electron chi connectivity index (χ4n) is 5.27. The van der Waals surface area contributed by atoms with Gasteiger partial charge in [-0.1, -0.05) is 90.2 Å². The van der Waals surface area contributed by atoms with Gasteiger partial charge in [0.05, 0.1) is 40.0 Å². The van der Waals surface area contributed by atoms with Gasteiger partial charge in [-0.2, -0.15) is 0 Å². The Bertz CT molecular complexity index is 2130. The zero-order valence-electron chi connectivity index (χ0n) is 24.9. The van der Waals surface area contributed by atoms with Crippen molar-refractivity contribution in [2.45, 2.75) is 19.6 Å². The van der Waals surface area contributed by atoms with E-state index in [1.807, 2.05) is 60.7 Å². The fourth-order valence-corrected chi connectivity index (χ4v) is 6.85. The Labute approximate surface area is 276 Å². The first-order valence-electron chi connectivity index (χ1n) is 14.5. The van der Waals surface area contributed by atoms with Gasteiger partial charge in [0.1, 0.15) is 12.4 Å². The molecule has 0 saturated carbocycles. The highest BCUT2D eigenvalue weighted by Gasteiger charge is 2.35. The quantitative estimate of drug-likeness (QED) is 0.166. The first kappa shape index (κ1) is 31.2. The topological polar surface area (TPSA) is 79.1 Å². The van der Waals surface area contributed by atoms with Crippen molar-refractivity contribution in [3.05, 3.63) is 155 Å². The van der Waals surface area contributed by atoms with Gasteiger partial charge in [-0.15, -0.1) is 0 Å². The monoisotopic (exact) mass is 698 g/mol. The van der Waals surface area contributed by atoms with Crippen LogP contribution >= 0.6 is 27.3 Å². The van der Waals surface area contributed by atoms with E-state index < -0.39 is 12.0 Å². The number of benzene rings is 4. The number of thiazole rings is 1. The number of nitrogens with zero attached hydrogens (tertiary/aromatic N) is 2. The molecular formula is C36H28BrFN2O5S. The number of fused-ring (bicyclic) bond motifs is 1. The van der Waals surface area contributed by atoms with Crippen LogP contribution in [0, 0.1) is 5.82 Å². The summed E-state index contributed by atoms with van der Waals surface area (Å²) in [4.78, 5) is 33.1. The molecule has 232 valence electrons. The van der Waals surface area contributed by atoms with Crippen LogP contribution in [0.15, 0.2) is 117 Å². The minimum Gasteiger partial charge on any atom is -0.493 e. The molecule has 10 heteroatoms. The van der Waals surface area contributed by atoms with Crippen LogP contribution < -0.4 is 24.4 Å². The first-order chi connectivity index (χ1) is 22.4. The van der Waals surface area contributed by atoms with E-state index in [2.05, 4.69) is 15.9 Å². The average Bonchev–Trinajstić information content (AvgIpc) is 3.38. The Morgan fingerprint density at radius 2 is 1.72 bits per heavy atom. The second kappa shape index (κ2) is 13.7. The zero-order chi connectivity index (χ0) is 32.2. The molecule has 0 unspecified atom stereocenters. The minimum absolute atomic E-state index is 0.00557. The van der Waals surface area contributed by atoms with Crippen LogP contribution in [0.3, 0.4) is 0 Å². The summed E-state index contributed by atoms with van der Waals surface area (Å²) in [5.41, 5.74) is 3.01. The predicted molar refractivity (Wildman–Crippen MR) is 179 cm³/mol. The van der Waals surface area contributed by atoms with Crippen LogP contribution in [-0.2, 0) is 16.1 Å². The average molecular weight is 700 g/mol. The van der Waals surface area contributed by atoms with Gasteiger partial charge in [0.2, 0.25) is 0 Å². The highest BCUT2D eigenvalue weighted by molar-refractivity contribution is 9.10. The summed E-state index contributed by atoms with van der Waals surface area (Å²) in [6.07, 6.45) is 1.75. The molecule has 1 aliphatic heterocycles. The Morgan fingerprint density at radius 3 is 2.41 bits per heavy atom. The van der Waals surface area contributed by atoms with Gasteiger partial charge in [0.15, 0.2) is 16.3 Å². The maximum absolute atomic E-state index is 14.2. The Balaban J connectivity index is 1.49. The van der Waals surface area contributed by atoms with Crippen LogP contribution in [-0.4, -0.2) is 24.3 Å². The summed E-state index contributed by atoms with van der Waals surface area (Å²) in [5, 5.41) is 0. The molecule has 46 heavy (non-hydrogen) atoms. The second-order valence-corrected chi connectivity index (χ2v) is 12.1. The highest BCUT2D eigenvalue weighted by atomic mass is 79.9. The van der Waals surface area contributed by atoms with Gasteiger partial charge in [0, 0.05) is 11.1 Å². The van der Waals surface area contributed by atoms with Crippen LogP contribution in [0.25, 0.3) is 11.8 Å². The SMILES string of the molecule is CCOC(=O)C1=C(c2ccccc2)N=c2s/c(=C\c3cc(Br)c(OCc4ccccc4F)c(OC)c3)c(=O)n2[C@@H]1c1ccccc1. The molecule has 1 aliphatic rings. The van der Waals surface area contributed by atoms with Crippen molar-refractivity contribution in [3.8, 4) is 11.5 Å². The van der Waals surface area contributed by atoms with Gasteiger partial charge in [0.25, 0.3) is 5.56 Å². The molecule has 0 N–H and O–H groups in total. The standard InChI is InChI=1S/C36H28BrFN2O5S/c1-3-44-35(42)30-31(23-12-6-4-7-13-23)39-36-40(32(30)24-14-8-5-9-15-24)34(41)29(46-36)20-22-18-26(37)33(28(19-22)43-2)45-21-25-16-10-11-17-27(25)38/h4-20,32H,3,21H2,1-2H3/b29-20-/t32-/m1/s1. The summed E-state index contributed by atoms with van der Waals surface area (Å²) in [6.45, 7) is 1.93. The molecule has 5 aromatic rings. The van der Waals surface area contributed by atoms with E-state index in [-0.39, 0.29) is 24.6 Å². The van der Waals surface area contributed by atoms with Gasteiger partial charge in [-0.25, -0.2) is 14.2 Å². The van der Waals surface area contributed by atoms with Gasteiger partial charge in [-0.3, -0.25) is 9.36 Å². The van der Waals surface area contributed by atoms with Crippen LogP contribution in [0.4, 0.5) is 4.39 Å². The van der Waals surface area contributed by atoms with E-state index in [4.69, 9.17) is 19.2 Å². The first-order valence-corrected chi connectivity index (χ1v) is 16.1. The lowest BCUT2D eigenvalue weighted by molar-refractivity contribution is -0.138. The number of halogens is 2. The van der Waals surface area contributed by atoms with Gasteiger partial charge < -0.3 is 14.2 Å². The lowest BCUT2D eigenvalue weighted by Crippen LogP contribution is -2.39. The molecule has 7 nitrogen and oxygen atoms in total. The minimum atomic E-state index is -0.760. The molecule has 0 aliphatic carbocycles. The molecular weight excluding hydrogens is 671 g/mol. The summed E-state index contributed by atoms with van der Waals surface area (Å²) in [6, 6.07) is 28.0. The second-order valence-electron chi connectivity index (χ2n) is 10.3. The molecule has 4 aromatic carbocycles. The number of ether oxygens (including phenoxy) is 3. The van der Waals surface area contributed by atoms with Crippen LogP contribution in [0.1, 0.15) is 35.2 Å². The maximum atomic E-state index is 14.2. The zero-order valence-corrected chi connectivity index (χ0v) is 27.3. The number of carbonyl (C=O) groups excluding carboxylic acids is 1. The maximum Gasteiger partial charge on any atom is 0.338 e. The highest BCUT2D eigenvalue weighted by Crippen LogP contribution is 2.38. The normalized spacial score (nSPS) is 14.4. The summed E-state index contributed by atoms with van der Waals surface area (Å²) >= 11 is 4.78. The third-order valence-electron chi connectivity index (χ3n) is 7.37.